The van der Waals surface area contributed by atoms with Gasteiger partial charge >= 0.3 is 0 Å². The van der Waals surface area contributed by atoms with Crippen LogP contribution in [0.4, 0.5) is 0 Å². The van der Waals surface area contributed by atoms with Crippen molar-refractivity contribution in [2.24, 2.45) is 0 Å². The Bertz CT molecular complexity index is 1010. The van der Waals surface area contributed by atoms with Crippen LogP contribution in [-0.2, 0) is 11.5 Å². The first-order valence-corrected chi connectivity index (χ1v) is 14.1. The molecule has 8 heteroatoms. The minimum absolute atomic E-state index is 0.163. The van der Waals surface area contributed by atoms with E-state index in [4.69, 9.17) is 9.72 Å². The van der Waals surface area contributed by atoms with Gasteiger partial charge in [-0.05, 0) is 39.5 Å². The largest absolute Gasteiger partial charge is 0.358 e. The van der Waals surface area contributed by atoms with Crippen LogP contribution in [0.15, 0.2) is 41.9 Å². The summed E-state index contributed by atoms with van der Waals surface area (Å²) in [7, 11) is -0.609. The van der Waals surface area contributed by atoms with Gasteiger partial charge in [0.1, 0.15) is 17.4 Å². The van der Waals surface area contributed by atoms with Crippen molar-refractivity contribution < 1.29 is 9.53 Å². The number of nitrogens with one attached hydrogen (secondary N) is 1. The van der Waals surface area contributed by atoms with Gasteiger partial charge in [-0.1, -0.05) is 30.3 Å². The summed E-state index contributed by atoms with van der Waals surface area (Å²) in [5.74, 6) is 0.871. The maximum atomic E-state index is 13.0. The lowest BCUT2D eigenvalue weighted by atomic mass is 10.1. The number of nitrogens with zero attached hydrogens (tertiary/aromatic N) is 3. The number of amides is 1. The Morgan fingerprint density at radius 1 is 1.19 bits per heavy atom. The summed E-state index contributed by atoms with van der Waals surface area (Å²) in [4.78, 5) is 17.7. The summed E-state index contributed by atoms with van der Waals surface area (Å²) in [6.45, 7) is 6.87. The second-order valence-electron chi connectivity index (χ2n) is 9.37. The predicted octanol–water partition coefficient (Wildman–Crippen LogP) is 4.87. The van der Waals surface area contributed by atoms with Crippen LogP contribution in [0.25, 0.3) is 22.0 Å². The lowest BCUT2D eigenvalue weighted by molar-refractivity contribution is 0.0808. The molecular formula is C23H32N4O2S2. The van der Waals surface area contributed by atoms with Gasteiger partial charge in [0.2, 0.25) is 0 Å². The van der Waals surface area contributed by atoms with E-state index in [-0.39, 0.29) is 11.4 Å². The van der Waals surface area contributed by atoms with E-state index in [9.17, 15) is 4.79 Å². The average molecular weight is 461 g/mol. The highest BCUT2D eigenvalue weighted by Gasteiger charge is 2.24. The molecule has 2 aromatic heterocycles. The second-order valence-corrected chi connectivity index (χ2v) is 14.8. The molecule has 0 aliphatic heterocycles. The SMILES string of the molecule is CC(C)(C)NC(=O)c1cn(COCCS(C)(C)C)nc1-c1nc(-c2ccccc2)cs1. The average Bonchev–Trinajstić information content (AvgIpc) is 3.31. The zero-order valence-electron chi connectivity index (χ0n) is 19.1. The molecule has 3 aromatic rings. The molecule has 1 aromatic carbocycles. The highest BCUT2D eigenvalue weighted by atomic mass is 32.3. The van der Waals surface area contributed by atoms with Crippen molar-refractivity contribution >= 4 is 27.3 Å². The Balaban J connectivity index is 1.86. The molecule has 0 bridgehead atoms. The van der Waals surface area contributed by atoms with Crippen LogP contribution in [0.1, 0.15) is 31.1 Å². The molecule has 0 saturated carbocycles. The molecule has 0 atom stereocenters. The summed E-state index contributed by atoms with van der Waals surface area (Å²) in [6, 6.07) is 10.0. The van der Waals surface area contributed by atoms with E-state index in [1.54, 1.807) is 10.9 Å². The Labute approximate surface area is 190 Å². The number of rotatable bonds is 8. The fraction of sp³-hybridized carbons (Fsp3) is 0.435. The summed E-state index contributed by atoms with van der Waals surface area (Å²) < 4.78 is 7.52. The number of thiazole rings is 1. The monoisotopic (exact) mass is 460 g/mol. The van der Waals surface area contributed by atoms with Crippen molar-refractivity contribution in [1.82, 2.24) is 20.1 Å². The van der Waals surface area contributed by atoms with Gasteiger partial charge in [0, 0.05) is 28.4 Å². The van der Waals surface area contributed by atoms with Crippen molar-refractivity contribution in [2.75, 3.05) is 31.1 Å². The van der Waals surface area contributed by atoms with Gasteiger partial charge in [0.05, 0.1) is 17.9 Å². The minimum atomic E-state index is -0.609. The van der Waals surface area contributed by atoms with Crippen molar-refractivity contribution in [1.29, 1.82) is 0 Å². The molecule has 1 amide bonds. The van der Waals surface area contributed by atoms with Gasteiger partial charge in [-0.15, -0.1) is 11.3 Å². The van der Waals surface area contributed by atoms with Gasteiger partial charge in [0.25, 0.3) is 5.91 Å². The minimum Gasteiger partial charge on any atom is -0.358 e. The Morgan fingerprint density at radius 2 is 1.90 bits per heavy atom. The first-order valence-electron chi connectivity index (χ1n) is 10.2. The molecule has 0 fully saturated rings. The van der Waals surface area contributed by atoms with Crippen LogP contribution in [0.2, 0.25) is 0 Å². The number of carbonyl (C=O) groups excluding carboxylic acids is 1. The third kappa shape index (κ3) is 6.92. The van der Waals surface area contributed by atoms with Crippen LogP contribution in [0.3, 0.4) is 0 Å². The van der Waals surface area contributed by atoms with Crippen LogP contribution in [-0.4, -0.2) is 57.3 Å². The zero-order valence-corrected chi connectivity index (χ0v) is 20.8. The molecule has 6 nitrogen and oxygen atoms in total. The van der Waals surface area contributed by atoms with Crippen molar-refractivity contribution in [3.05, 3.63) is 47.5 Å². The lowest BCUT2D eigenvalue weighted by Crippen LogP contribution is -2.40. The highest BCUT2D eigenvalue weighted by molar-refractivity contribution is 8.32. The zero-order chi connectivity index (χ0) is 22.6. The molecule has 0 spiro atoms. The van der Waals surface area contributed by atoms with Crippen molar-refractivity contribution in [3.8, 4) is 22.0 Å². The van der Waals surface area contributed by atoms with E-state index in [1.807, 2.05) is 56.5 Å². The molecule has 0 saturated heterocycles. The number of benzene rings is 1. The first-order chi connectivity index (χ1) is 14.5. The quantitative estimate of drug-likeness (QED) is 0.487. The lowest BCUT2D eigenvalue weighted by Gasteiger charge is -2.24. The number of hydrogen-bond donors (Lipinski definition) is 1. The summed E-state index contributed by atoms with van der Waals surface area (Å²) in [5.41, 5.74) is 2.66. The Morgan fingerprint density at radius 3 is 2.55 bits per heavy atom. The van der Waals surface area contributed by atoms with Crippen molar-refractivity contribution in [3.63, 3.8) is 0 Å². The Hall–Kier alpha value is -2.16. The molecule has 1 N–H and O–H groups in total. The van der Waals surface area contributed by atoms with Gasteiger partial charge in [-0.25, -0.2) is 19.7 Å². The van der Waals surface area contributed by atoms with E-state index >= 15 is 0 Å². The topological polar surface area (TPSA) is 69.0 Å². The van der Waals surface area contributed by atoms with Crippen LogP contribution < -0.4 is 5.32 Å². The molecule has 3 rings (SSSR count). The predicted molar refractivity (Wildman–Crippen MR) is 132 cm³/mol. The molecule has 0 aliphatic rings. The van der Waals surface area contributed by atoms with Crippen LogP contribution in [0, 0.1) is 0 Å². The van der Waals surface area contributed by atoms with Crippen LogP contribution >= 0.6 is 21.4 Å². The molecular weight excluding hydrogens is 428 g/mol. The van der Waals surface area contributed by atoms with Gasteiger partial charge < -0.3 is 10.1 Å². The maximum Gasteiger partial charge on any atom is 0.255 e. The summed E-state index contributed by atoms with van der Waals surface area (Å²) in [5, 5.41) is 10.4. The fourth-order valence-electron chi connectivity index (χ4n) is 2.81. The van der Waals surface area contributed by atoms with E-state index in [1.165, 1.54) is 11.3 Å². The third-order valence-electron chi connectivity index (χ3n) is 4.33. The van der Waals surface area contributed by atoms with Gasteiger partial charge in [0.15, 0.2) is 0 Å². The second kappa shape index (κ2) is 9.54. The van der Waals surface area contributed by atoms with Crippen LogP contribution in [0.5, 0.6) is 0 Å². The molecule has 31 heavy (non-hydrogen) atoms. The maximum absolute atomic E-state index is 13.0. The van der Waals surface area contributed by atoms with E-state index in [0.717, 1.165) is 22.0 Å². The standard InChI is InChI=1S/C23H32N4O2S2/c1-23(2,3)25-21(28)18-14-27(16-29-12-13-31(4,5)6)26-20(18)22-24-19(15-30-22)17-10-8-7-9-11-17/h7-11,14-15H,12-13,16H2,1-6H3,(H,25,28). The number of hydrogen-bond acceptors (Lipinski definition) is 5. The third-order valence-corrected chi connectivity index (χ3v) is 6.58. The molecule has 168 valence electrons. The normalized spacial score (nSPS) is 12.7. The Kier molecular flexibility index (Phi) is 7.24. The van der Waals surface area contributed by atoms with E-state index < -0.39 is 10.0 Å². The van der Waals surface area contributed by atoms with E-state index in [2.05, 4.69) is 29.2 Å². The fourth-order valence-corrected chi connectivity index (χ4v) is 4.25. The van der Waals surface area contributed by atoms with Gasteiger partial charge in [-0.3, -0.25) is 4.79 Å². The smallest absolute Gasteiger partial charge is 0.255 e. The summed E-state index contributed by atoms with van der Waals surface area (Å²) in [6.07, 6.45) is 8.56. The first kappa shape index (κ1) is 23.5. The molecule has 0 radical (unpaired) electrons. The van der Waals surface area contributed by atoms with Gasteiger partial charge in [-0.2, -0.15) is 5.10 Å². The molecule has 2 heterocycles. The highest BCUT2D eigenvalue weighted by Crippen LogP contribution is 2.33. The molecule has 0 unspecified atom stereocenters. The number of ether oxygens (including phenoxy) is 1. The summed E-state index contributed by atoms with van der Waals surface area (Å²) >= 11 is 1.49. The van der Waals surface area contributed by atoms with E-state index in [0.29, 0.717) is 24.6 Å². The van der Waals surface area contributed by atoms with Crippen molar-refractivity contribution in [2.45, 2.75) is 33.0 Å². The molecule has 0 aliphatic carbocycles. The number of aromatic nitrogens is 3. The number of carbonyl (C=O) groups is 1.